The van der Waals surface area contributed by atoms with E-state index in [1.807, 2.05) is 0 Å². The van der Waals surface area contributed by atoms with Crippen molar-refractivity contribution in [3.8, 4) is 0 Å². The molecule has 1 aliphatic heterocycles. The zero-order chi connectivity index (χ0) is 16.0. The molecule has 114 valence electrons. The zero-order valence-electron chi connectivity index (χ0n) is 12.4. The fourth-order valence-electron chi connectivity index (χ4n) is 2.82. The number of likely N-dealkylation sites (tertiary alicyclic amines) is 1. The lowest BCUT2D eigenvalue weighted by Gasteiger charge is -2.28. The smallest absolute Gasteiger partial charge is 0.277 e. The summed E-state index contributed by atoms with van der Waals surface area (Å²) in [7, 11) is 1.42. The van der Waals surface area contributed by atoms with E-state index in [-0.39, 0.29) is 18.7 Å². The highest BCUT2D eigenvalue weighted by Gasteiger charge is 2.34. The number of carbonyl (C=O) groups is 2. The number of nitrogen functional groups attached to an aromatic ring is 1. The van der Waals surface area contributed by atoms with Gasteiger partial charge in [-0.25, -0.2) is 4.68 Å². The Morgan fingerprint density at radius 3 is 2.73 bits per heavy atom. The molecule has 1 fully saturated rings. The van der Waals surface area contributed by atoms with Crippen molar-refractivity contribution in [2.24, 2.45) is 0 Å². The summed E-state index contributed by atoms with van der Waals surface area (Å²) in [6, 6.07) is 4.41. The second-order valence-corrected chi connectivity index (χ2v) is 5.45. The number of piperidine rings is 1. The normalized spacial score (nSPS) is 19.0. The molecule has 1 unspecified atom stereocenters. The Bertz CT molecular complexity index is 856. The van der Waals surface area contributed by atoms with Gasteiger partial charge in [-0.15, -0.1) is 0 Å². The number of hydrogen-bond acceptors (Lipinski definition) is 5. The number of amides is 2. The fraction of sp³-hybridized carbons (Fsp3) is 0.333. The van der Waals surface area contributed by atoms with Crippen molar-refractivity contribution in [1.82, 2.24) is 14.7 Å². The maximum Gasteiger partial charge on any atom is 0.277 e. The number of benzene rings is 1. The Kier molecular flexibility index (Phi) is 3.20. The van der Waals surface area contributed by atoms with Crippen molar-refractivity contribution in [3.63, 3.8) is 0 Å². The van der Waals surface area contributed by atoms with Gasteiger partial charge in [-0.3, -0.25) is 19.3 Å². The van der Waals surface area contributed by atoms with Crippen LogP contribution in [0.4, 0.5) is 5.69 Å². The summed E-state index contributed by atoms with van der Waals surface area (Å²) in [6.45, 7) is 1.76. The van der Waals surface area contributed by atoms with Crippen LogP contribution in [0.2, 0.25) is 0 Å². The van der Waals surface area contributed by atoms with Crippen LogP contribution in [0.25, 0.3) is 10.8 Å². The molecule has 3 rings (SSSR count). The third kappa shape index (κ3) is 1.97. The predicted molar refractivity (Wildman–Crippen MR) is 81.2 cm³/mol. The van der Waals surface area contributed by atoms with Gasteiger partial charge < -0.3 is 5.73 Å². The van der Waals surface area contributed by atoms with Gasteiger partial charge in [0.2, 0.25) is 5.91 Å². The SMILES string of the molecule is Cc1nn(C2CCC(=O)N(C)C2=O)c(=O)c2c(N)cccc12. The first-order valence-corrected chi connectivity index (χ1v) is 7.00. The Hall–Kier alpha value is -2.70. The molecule has 0 bridgehead atoms. The highest BCUT2D eigenvalue weighted by Crippen LogP contribution is 2.24. The molecule has 0 spiro atoms. The minimum absolute atomic E-state index is 0.211. The maximum absolute atomic E-state index is 12.7. The average molecular weight is 300 g/mol. The van der Waals surface area contributed by atoms with Crippen LogP contribution < -0.4 is 11.3 Å². The summed E-state index contributed by atoms with van der Waals surface area (Å²) in [5.41, 5.74) is 6.49. The fourth-order valence-corrected chi connectivity index (χ4v) is 2.82. The van der Waals surface area contributed by atoms with Gasteiger partial charge >= 0.3 is 0 Å². The van der Waals surface area contributed by atoms with Crippen LogP contribution in [0.5, 0.6) is 0 Å². The van der Waals surface area contributed by atoms with E-state index >= 15 is 0 Å². The van der Waals surface area contributed by atoms with Crippen molar-refractivity contribution in [2.75, 3.05) is 12.8 Å². The van der Waals surface area contributed by atoms with Crippen LogP contribution in [0.3, 0.4) is 0 Å². The summed E-state index contributed by atoms with van der Waals surface area (Å²) < 4.78 is 1.17. The molecule has 2 N–H and O–H groups in total. The summed E-state index contributed by atoms with van der Waals surface area (Å²) in [5.74, 6) is -0.662. The number of nitrogens with two attached hydrogens (primary N) is 1. The number of likely N-dealkylation sites (N-methyl/N-ethyl adjacent to an activating group) is 1. The van der Waals surface area contributed by atoms with Gasteiger partial charge in [-0.1, -0.05) is 12.1 Å². The van der Waals surface area contributed by atoms with Gasteiger partial charge in [-0.2, -0.15) is 5.10 Å². The summed E-state index contributed by atoms with van der Waals surface area (Å²) >= 11 is 0. The predicted octanol–water partition coefficient (Wildman–Crippen LogP) is 0.607. The van der Waals surface area contributed by atoms with Crippen LogP contribution in [0, 0.1) is 6.92 Å². The monoisotopic (exact) mass is 300 g/mol. The van der Waals surface area contributed by atoms with E-state index in [0.29, 0.717) is 22.2 Å². The average Bonchev–Trinajstić information content (AvgIpc) is 2.49. The second-order valence-electron chi connectivity index (χ2n) is 5.45. The number of imide groups is 1. The first kappa shape index (κ1) is 14.2. The Balaban J connectivity index is 2.23. The van der Waals surface area contributed by atoms with Crippen molar-refractivity contribution < 1.29 is 9.59 Å². The van der Waals surface area contributed by atoms with Crippen LogP contribution in [-0.4, -0.2) is 33.5 Å². The third-order valence-electron chi connectivity index (χ3n) is 4.08. The van der Waals surface area contributed by atoms with Crippen LogP contribution in [0.15, 0.2) is 23.0 Å². The molecule has 1 atom stereocenters. The van der Waals surface area contributed by atoms with E-state index in [1.165, 1.54) is 11.7 Å². The molecule has 0 aliphatic carbocycles. The van der Waals surface area contributed by atoms with E-state index in [2.05, 4.69) is 5.10 Å². The second kappa shape index (κ2) is 4.94. The molecule has 1 aliphatic rings. The molecule has 2 heterocycles. The number of rotatable bonds is 1. The lowest BCUT2D eigenvalue weighted by molar-refractivity contribution is -0.149. The van der Waals surface area contributed by atoms with E-state index in [0.717, 1.165) is 4.90 Å². The zero-order valence-corrected chi connectivity index (χ0v) is 12.4. The van der Waals surface area contributed by atoms with Gasteiger partial charge in [-0.05, 0) is 19.4 Å². The van der Waals surface area contributed by atoms with Gasteiger partial charge in [0.05, 0.1) is 11.1 Å². The van der Waals surface area contributed by atoms with Crippen LogP contribution in [-0.2, 0) is 9.59 Å². The molecular formula is C15H16N4O3. The van der Waals surface area contributed by atoms with E-state index < -0.39 is 17.5 Å². The van der Waals surface area contributed by atoms with Crippen LogP contribution >= 0.6 is 0 Å². The standard InChI is InChI=1S/C15H16N4O3/c1-8-9-4-3-5-10(16)13(9)15(22)19(17-8)11-6-7-12(20)18(2)14(11)21/h3-5,11H,6-7,16H2,1-2H3. The minimum atomic E-state index is -0.766. The number of hydrogen-bond donors (Lipinski definition) is 1. The van der Waals surface area contributed by atoms with Gasteiger partial charge in [0.15, 0.2) is 0 Å². The molecule has 1 aromatic heterocycles. The summed E-state index contributed by atoms with van der Waals surface area (Å²) in [6.07, 6.45) is 0.481. The topological polar surface area (TPSA) is 98.3 Å². The van der Waals surface area contributed by atoms with Gasteiger partial charge in [0.1, 0.15) is 6.04 Å². The molecule has 2 amide bonds. The Morgan fingerprint density at radius 1 is 1.27 bits per heavy atom. The highest BCUT2D eigenvalue weighted by atomic mass is 16.2. The molecule has 7 nitrogen and oxygen atoms in total. The largest absolute Gasteiger partial charge is 0.398 e. The van der Waals surface area contributed by atoms with Crippen LogP contribution in [0.1, 0.15) is 24.6 Å². The molecule has 2 aromatic rings. The first-order chi connectivity index (χ1) is 10.4. The van der Waals surface area contributed by atoms with Crippen molar-refractivity contribution in [3.05, 3.63) is 34.2 Å². The highest BCUT2D eigenvalue weighted by molar-refractivity contribution is 5.99. The van der Waals surface area contributed by atoms with Crippen molar-refractivity contribution in [1.29, 1.82) is 0 Å². The van der Waals surface area contributed by atoms with E-state index in [1.54, 1.807) is 25.1 Å². The first-order valence-electron chi connectivity index (χ1n) is 7.00. The van der Waals surface area contributed by atoms with E-state index in [9.17, 15) is 14.4 Å². The summed E-state index contributed by atoms with van der Waals surface area (Å²) in [5, 5.41) is 5.30. The minimum Gasteiger partial charge on any atom is -0.398 e. The molecule has 7 heteroatoms. The molecular weight excluding hydrogens is 284 g/mol. The third-order valence-corrected chi connectivity index (χ3v) is 4.08. The number of carbonyl (C=O) groups excluding carboxylic acids is 2. The lowest BCUT2D eigenvalue weighted by Crippen LogP contribution is -2.46. The molecule has 1 saturated heterocycles. The lowest BCUT2D eigenvalue weighted by atomic mass is 10.0. The van der Waals surface area contributed by atoms with Crippen molar-refractivity contribution >= 4 is 28.3 Å². The quantitative estimate of drug-likeness (QED) is 0.614. The number of aryl methyl sites for hydroxylation is 1. The van der Waals surface area contributed by atoms with E-state index in [4.69, 9.17) is 5.73 Å². The maximum atomic E-state index is 12.7. The van der Waals surface area contributed by atoms with Gasteiger partial charge in [0.25, 0.3) is 11.5 Å². The molecule has 22 heavy (non-hydrogen) atoms. The molecule has 0 saturated carbocycles. The summed E-state index contributed by atoms with van der Waals surface area (Å²) in [4.78, 5) is 37.6. The van der Waals surface area contributed by atoms with Crippen molar-refractivity contribution in [2.45, 2.75) is 25.8 Å². The number of anilines is 1. The number of aromatic nitrogens is 2. The molecule has 1 aromatic carbocycles. The number of nitrogens with zero attached hydrogens (tertiary/aromatic N) is 3. The Morgan fingerprint density at radius 2 is 2.00 bits per heavy atom. The molecule has 0 radical (unpaired) electrons. The van der Waals surface area contributed by atoms with Gasteiger partial charge in [0, 0.05) is 24.5 Å². The Labute approximate surface area is 126 Å². The number of fused-ring (bicyclic) bond motifs is 1.